The van der Waals surface area contributed by atoms with Crippen LogP contribution in [0.15, 0.2) is 35.2 Å². The maximum Gasteiger partial charge on any atom is 0.294 e. The lowest BCUT2D eigenvalue weighted by molar-refractivity contribution is 0.352. The van der Waals surface area contributed by atoms with E-state index < -0.39 is 10.1 Å². The van der Waals surface area contributed by atoms with Crippen LogP contribution < -0.4 is 4.74 Å². The Morgan fingerprint density at radius 3 is 2.61 bits per heavy atom. The predicted molar refractivity (Wildman–Crippen MR) is 70.6 cm³/mol. The molecule has 0 atom stereocenters. The number of benzene rings is 1. The first-order valence-electron chi connectivity index (χ1n) is 5.72. The quantitative estimate of drug-likeness (QED) is 0.637. The van der Waals surface area contributed by atoms with Gasteiger partial charge in [0.25, 0.3) is 10.1 Å². The topological polar surface area (TPSA) is 63.6 Å². The number of hydrogen-bond acceptors (Lipinski definition) is 3. The summed E-state index contributed by atoms with van der Waals surface area (Å²) in [5, 5.41) is 0. The molecule has 1 aromatic carbocycles. The van der Waals surface area contributed by atoms with Crippen LogP contribution in [0.25, 0.3) is 0 Å². The summed E-state index contributed by atoms with van der Waals surface area (Å²) in [6.07, 6.45) is 1.35. The zero-order valence-electron chi connectivity index (χ0n) is 10.6. The molecule has 0 bridgehead atoms. The van der Waals surface area contributed by atoms with E-state index in [0.29, 0.717) is 24.3 Å². The Kier molecular flexibility index (Phi) is 4.93. The van der Waals surface area contributed by atoms with Crippen molar-refractivity contribution in [1.82, 2.24) is 0 Å². The van der Waals surface area contributed by atoms with Gasteiger partial charge in [-0.2, -0.15) is 8.42 Å². The number of ether oxygens (including phenoxy) is 1. The van der Waals surface area contributed by atoms with E-state index in [-0.39, 0.29) is 4.90 Å². The lowest BCUT2D eigenvalue weighted by Gasteiger charge is -2.10. The highest BCUT2D eigenvalue weighted by molar-refractivity contribution is 7.85. The molecule has 0 aliphatic carbocycles. The molecule has 1 N–H and O–H groups in total. The van der Waals surface area contributed by atoms with Gasteiger partial charge in [-0.3, -0.25) is 4.55 Å². The smallest absolute Gasteiger partial charge is 0.294 e. The van der Waals surface area contributed by atoms with Crippen LogP contribution in [0.1, 0.15) is 25.8 Å². The molecule has 1 rings (SSSR count). The molecule has 0 aliphatic heterocycles. The van der Waals surface area contributed by atoms with Crippen LogP contribution in [0.4, 0.5) is 0 Å². The van der Waals surface area contributed by atoms with Gasteiger partial charge in [0.1, 0.15) is 12.4 Å². The molecular formula is C13H18O4S. The molecule has 0 radical (unpaired) electrons. The molecular weight excluding hydrogens is 252 g/mol. The SMILES string of the molecule is C=C(C)COc1ccc(S(=O)(=O)O)c(CCC)c1. The van der Waals surface area contributed by atoms with Gasteiger partial charge in [-0.25, -0.2) is 0 Å². The summed E-state index contributed by atoms with van der Waals surface area (Å²) < 4.78 is 37.0. The summed E-state index contributed by atoms with van der Waals surface area (Å²) in [7, 11) is -4.18. The molecule has 0 heterocycles. The second-order valence-corrected chi connectivity index (χ2v) is 5.63. The lowest BCUT2D eigenvalue weighted by atomic mass is 10.1. The van der Waals surface area contributed by atoms with Crippen molar-refractivity contribution in [2.75, 3.05) is 6.61 Å². The molecule has 0 amide bonds. The summed E-state index contributed by atoms with van der Waals surface area (Å²) in [6, 6.07) is 4.55. The van der Waals surface area contributed by atoms with E-state index in [2.05, 4.69) is 6.58 Å². The lowest BCUT2D eigenvalue weighted by Crippen LogP contribution is -2.05. The van der Waals surface area contributed by atoms with Crippen molar-refractivity contribution < 1.29 is 17.7 Å². The summed E-state index contributed by atoms with van der Waals surface area (Å²) in [6.45, 7) is 7.90. The monoisotopic (exact) mass is 270 g/mol. The molecule has 0 saturated carbocycles. The molecule has 0 aromatic heterocycles. The normalized spacial score (nSPS) is 11.3. The van der Waals surface area contributed by atoms with Crippen LogP contribution in [0, 0.1) is 0 Å². The molecule has 0 fully saturated rings. The van der Waals surface area contributed by atoms with Crippen molar-refractivity contribution in [3.05, 3.63) is 35.9 Å². The summed E-state index contributed by atoms with van der Waals surface area (Å²) in [4.78, 5) is -0.0491. The van der Waals surface area contributed by atoms with E-state index in [4.69, 9.17) is 9.29 Å². The maximum absolute atomic E-state index is 11.2. The van der Waals surface area contributed by atoms with Gasteiger partial charge >= 0.3 is 0 Å². The highest BCUT2D eigenvalue weighted by Gasteiger charge is 2.15. The van der Waals surface area contributed by atoms with E-state index in [1.807, 2.05) is 13.8 Å². The molecule has 18 heavy (non-hydrogen) atoms. The fourth-order valence-electron chi connectivity index (χ4n) is 1.57. The summed E-state index contributed by atoms with van der Waals surface area (Å²) in [5.41, 5.74) is 1.45. The van der Waals surface area contributed by atoms with E-state index in [1.165, 1.54) is 12.1 Å². The fraction of sp³-hybridized carbons (Fsp3) is 0.385. The molecule has 100 valence electrons. The van der Waals surface area contributed by atoms with Crippen molar-refractivity contribution in [3.63, 3.8) is 0 Å². The minimum absolute atomic E-state index is 0.0491. The van der Waals surface area contributed by atoms with E-state index >= 15 is 0 Å². The predicted octanol–water partition coefficient (Wildman–Crippen LogP) is 2.84. The van der Waals surface area contributed by atoms with Gasteiger partial charge in [0.15, 0.2) is 0 Å². The Balaban J connectivity index is 3.07. The van der Waals surface area contributed by atoms with Crippen LogP contribution >= 0.6 is 0 Å². The minimum Gasteiger partial charge on any atom is -0.489 e. The van der Waals surface area contributed by atoms with Crippen molar-refractivity contribution >= 4 is 10.1 Å². The maximum atomic E-state index is 11.2. The fourth-order valence-corrected chi connectivity index (χ4v) is 2.30. The Bertz CT molecular complexity index is 532. The van der Waals surface area contributed by atoms with Crippen LogP contribution in [-0.2, 0) is 16.5 Å². The van der Waals surface area contributed by atoms with Crippen molar-refractivity contribution in [2.45, 2.75) is 31.6 Å². The number of rotatable bonds is 6. The van der Waals surface area contributed by atoms with Crippen molar-refractivity contribution in [2.24, 2.45) is 0 Å². The molecule has 5 heteroatoms. The number of aryl methyl sites for hydroxylation is 1. The van der Waals surface area contributed by atoms with E-state index in [0.717, 1.165) is 12.0 Å². The highest BCUT2D eigenvalue weighted by atomic mass is 32.2. The minimum atomic E-state index is -4.18. The van der Waals surface area contributed by atoms with Gasteiger partial charge in [-0.05, 0) is 42.7 Å². The van der Waals surface area contributed by atoms with E-state index in [9.17, 15) is 8.42 Å². The third-order valence-corrected chi connectivity index (χ3v) is 3.27. The van der Waals surface area contributed by atoms with Gasteiger partial charge in [-0.1, -0.05) is 19.9 Å². The van der Waals surface area contributed by atoms with Gasteiger partial charge in [0.05, 0.1) is 4.90 Å². The van der Waals surface area contributed by atoms with Gasteiger partial charge in [0.2, 0.25) is 0 Å². The molecule has 1 aromatic rings. The van der Waals surface area contributed by atoms with Gasteiger partial charge in [0, 0.05) is 0 Å². The Hall–Kier alpha value is -1.33. The first-order chi connectivity index (χ1) is 8.34. The van der Waals surface area contributed by atoms with Gasteiger partial charge < -0.3 is 4.74 Å². The third-order valence-electron chi connectivity index (χ3n) is 2.31. The summed E-state index contributed by atoms with van der Waals surface area (Å²) in [5.74, 6) is 0.578. The molecule has 0 unspecified atom stereocenters. The van der Waals surface area contributed by atoms with Crippen LogP contribution in [0.5, 0.6) is 5.75 Å². The van der Waals surface area contributed by atoms with Crippen LogP contribution in [0.3, 0.4) is 0 Å². The first-order valence-corrected chi connectivity index (χ1v) is 7.16. The highest BCUT2D eigenvalue weighted by Crippen LogP contribution is 2.23. The molecule has 0 spiro atoms. The van der Waals surface area contributed by atoms with Crippen LogP contribution in [0.2, 0.25) is 0 Å². The Morgan fingerprint density at radius 2 is 2.11 bits per heavy atom. The first kappa shape index (κ1) is 14.7. The van der Waals surface area contributed by atoms with Gasteiger partial charge in [-0.15, -0.1) is 0 Å². The van der Waals surface area contributed by atoms with Crippen molar-refractivity contribution in [3.8, 4) is 5.75 Å². The molecule has 4 nitrogen and oxygen atoms in total. The molecule has 0 saturated heterocycles. The Morgan fingerprint density at radius 1 is 1.44 bits per heavy atom. The summed E-state index contributed by atoms with van der Waals surface area (Å²) >= 11 is 0. The Labute approximate surface area is 108 Å². The third kappa shape index (κ3) is 4.16. The van der Waals surface area contributed by atoms with Crippen LogP contribution in [-0.4, -0.2) is 19.6 Å². The zero-order valence-corrected chi connectivity index (χ0v) is 11.5. The number of hydrogen-bond donors (Lipinski definition) is 1. The molecule has 0 aliphatic rings. The van der Waals surface area contributed by atoms with Crippen molar-refractivity contribution in [1.29, 1.82) is 0 Å². The standard InChI is InChI=1S/C13H18O4S/c1-4-5-11-8-12(17-9-10(2)3)6-7-13(11)18(14,15)16/h6-8H,2,4-5,9H2,1,3H3,(H,14,15,16). The van der Waals surface area contributed by atoms with E-state index in [1.54, 1.807) is 6.07 Å². The zero-order chi connectivity index (χ0) is 13.8. The largest absolute Gasteiger partial charge is 0.489 e. The second-order valence-electron chi connectivity index (χ2n) is 4.24. The second kappa shape index (κ2) is 6.02. The average Bonchev–Trinajstić information content (AvgIpc) is 2.25. The average molecular weight is 270 g/mol.